The van der Waals surface area contributed by atoms with E-state index in [9.17, 15) is 34.5 Å². The highest BCUT2D eigenvalue weighted by atomic mass is 16.4. The molecule has 0 radical (unpaired) electrons. The van der Waals surface area contributed by atoms with Gasteiger partial charge in [-0.3, -0.25) is 14.4 Å². The Morgan fingerprint density at radius 1 is 0.946 bits per heavy atom. The summed E-state index contributed by atoms with van der Waals surface area (Å²) in [6.07, 6.45) is 1.62. The number of benzene rings is 1. The Balaban J connectivity index is 2.30. The number of hydrogen-bond donors (Lipinski definition) is 8. The van der Waals surface area contributed by atoms with Gasteiger partial charge in [-0.1, -0.05) is 26.0 Å². The molecule has 0 saturated carbocycles. The van der Waals surface area contributed by atoms with Crippen LogP contribution in [0.5, 0.6) is 5.75 Å². The summed E-state index contributed by atoms with van der Waals surface area (Å²) < 4.78 is 0. The van der Waals surface area contributed by atoms with E-state index in [0.29, 0.717) is 11.3 Å². The van der Waals surface area contributed by atoms with Gasteiger partial charge in [0.2, 0.25) is 17.7 Å². The number of phenols is 1. The van der Waals surface area contributed by atoms with Crippen LogP contribution in [0.15, 0.2) is 36.8 Å². The van der Waals surface area contributed by atoms with Crippen LogP contribution in [0.2, 0.25) is 0 Å². The van der Waals surface area contributed by atoms with E-state index >= 15 is 0 Å². The maximum absolute atomic E-state index is 13.3. The number of phenolic OH excluding ortho intramolecular Hbond substituents is 1. The summed E-state index contributed by atoms with van der Waals surface area (Å²) >= 11 is 0. The van der Waals surface area contributed by atoms with Crippen LogP contribution in [0, 0.1) is 5.92 Å². The lowest BCUT2D eigenvalue weighted by Gasteiger charge is -2.26. The van der Waals surface area contributed by atoms with Crippen molar-refractivity contribution in [2.75, 3.05) is 0 Å². The fourth-order valence-corrected chi connectivity index (χ4v) is 3.43. The number of nitrogens with zero attached hydrogens (tertiary/aromatic N) is 1. The number of nitrogens with two attached hydrogens (primary N) is 1. The molecule has 2 aromatic rings. The zero-order chi connectivity index (χ0) is 27.7. The second-order valence-electron chi connectivity index (χ2n) is 9.11. The molecule has 37 heavy (non-hydrogen) atoms. The van der Waals surface area contributed by atoms with Gasteiger partial charge in [0, 0.05) is 24.7 Å². The molecule has 5 unspecified atom stereocenters. The molecule has 0 fully saturated rings. The van der Waals surface area contributed by atoms with Crippen LogP contribution in [-0.2, 0) is 32.0 Å². The number of aromatic hydroxyl groups is 1. The normalized spacial score (nSPS) is 15.2. The number of carbonyl (C=O) groups excluding carboxylic acids is 3. The first-order valence-corrected chi connectivity index (χ1v) is 11.7. The molecule has 13 heteroatoms. The molecule has 1 aromatic heterocycles. The summed E-state index contributed by atoms with van der Waals surface area (Å²) in [7, 11) is 0. The molecule has 2 rings (SSSR count). The maximum Gasteiger partial charge on any atom is 0.326 e. The molecular weight excluding hydrogens is 484 g/mol. The minimum absolute atomic E-state index is 0.0133. The highest BCUT2D eigenvalue weighted by molar-refractivity contribution is 5.94. The number of rotatable bonds is 13. The largest absolute Gasteiger partial charge is 0.508 e. The molecular formula is C24H34N6O7. The highest BCUT2D eigenvalue weighted by Gasteiger charge is 2.32. The number of carboxylic acids is 1. The average Bonchev–Trinajstić information content (AvgIpc) is 3.34. The van der Waals surface area contributed by atoms with Gasteiger partial charge in [-0.05, 0) is 30.5 Å². The zero-order valence-electron chi connectivity index (χ0n) is 20.8. The third-order valence-corrected chi connectivity index (χ3v) is 5.67. The molecule has 1 heterocycles. The van der Waals surface area contributed by atoms with Crippen molar-refractivity contribution in [1.29, 1.82) is 0 Å². The first-order valence-electron chi connectivity index (χ1n) is 11.7. The van der Waals surface area contributed by atoms with Crippen molar-refractivity contribution in [3.63, 3.8) is 0 Å². The van der Waals surface area contributed by atoms with Crippen molar-refractivity contribution in [3.8, 4) is 5.75 Å². The number of aliphatic hydroxyl groups excluding tert-OH is 1. The number of amides is 3. The Hall–Kier alpha value is -3.97. The molecule has 0 aliphatic rings. The second kappa shape index (κ2) is 13.4. The second-order valence-corrected chi connectivity index (χ2v) is 9.11. The fourth-order valence-electron chi connectivity index (χ4n) is 3.43. The number of aliphatic hydroxyl groups is 1. The lowest BCUT2D eigenvalue weighted by Crippen LogP contribution is -2.59. The standard InChI is InChI=1S/C24H34N6O7/c1-12(2)20(24(36)37)30-22(34)18(9-15-10-26-11-27-15)28-21(33)17(29-23(35)19(25)13(3)31)8-14-4-6-16(32)7-5-14/h4-7,10-13,17-20,31-32H,8-9,25H2,1-3H3,(H,26,27)(H,28,33)(H,29,35)(H,30,34)(H,36,37). The Kier molecular flexibility index (Phi) is 10.6. The smallest absolute Gasteiger partial charge is 0.326 e. The Morgan fingerprint density at radius 3 is 2.03 bits per heavy atom. The molecule has 5 atom stereocenters. The topological polar surface area (TPSA) is 220 Å². The maximum atomic E-state index is 13.3. The minimum Gasteiger partial charge on any atom is -0.508 e. The molecule has 202 valence electrons. The molecule has 0 bridgehead atoms. The summed E-state index contributed by atoms with van der Waals surface area (Å²) in [6.45, 7) is 4.60. The number of imidazole rings is 1. The lowest BCUT2D eigenvalue weighted by atomic mass is 10.0. The molecule has 0 spiro atoms. The van der Waals surface area contributed by atoms with Gasteiger partial charge in [0.25, 0.3) is 0 Å². The van der Waals surface area contributed by atoms with Gasteiger partial charge in [-0.25, -0.2) is 9.78 Å². The van der Waals surface area contributed by atoms with E-state index in [1.54, 1.807) is 26.0 Å². The third kappa shape index (κ3) is 8.88. The lowest BCUT2D eigenvalue weighted by molar-refractivity contribution is -0.143. The van der Waals surface area contributed by atoms with Crippen LogP contribution in [0.1, 0.15) is 32.0 Å². The van der Waals surface area contributed by atoms with Crippen LogP contribution >= 0.6 is 0 Å². The van der Waals surface area contributed by atoms with Crippen molar-refractivity contribution in [2.24, 2.45) is 11.7 Å². The van der Waals surface area contributed by atoms with E-state index in [1.165, 1.54) is 31.6 Å². The van der Waals surface area contributed by atoms with Gasteiger partial charge in [-0.15, -0.1) is 0 Å². The molecule has 0 aliphatic carbocycles. The number of carboxylic acid groups (broad SMARTS) is 1. The zero-order valence-corrected chi connectivity index (χ0v) is 20.8. The fraction of sp³-hybridized carbons (Fsp3) is 0.458. The summed E-state index contributed by atoms with van der Waals surface area (Å²) in [5, 5.41) is 36.2. The number of H-pyrrole nitrogens is 1. The van der Waals surface area contributed by atoms with Gasteiger partial charge >= 0.3 is 5.97 Å². The number of nitrogens with one attached hydrogen (secondary N) is 4. The highest BCUT2D eigenvalue weighted by Crippen LogP contribution is 2.12. The molecule has 3 amide bonds. The number of aliphatic carboxylic acids is 1. The number of carbonyl (C=O) groups is 4. The van der Waals surface area contributed by atoms with Crippen molar-refractivity contribution in [2.45, 2.75) is 63.9 Å². The Bertz CT molecular complexity index is 1060. The van der Waals surface area contributed by atoms with E-state index in [4.69, 9.17) is 5.73 Å². The Morgan fingerprint density at radius 2 is 1.51 bits per heavy atom. The summed E-state index contributed by atoms with van der Waals surface area (Å²) in [6, 6.07) is 1.04. The van der Waals surface area contributed by atoms with E-state index in [2.05, 4.69) is 25.9 Å². The van der Waals surface area contributed by atoms with E-state index in [-0.39, 0.29) is 18.6 Å². The predicted molar refractivity (Wildman–Crippen MR) is 132 cm³/mol. The van der Waals surface area contributed by atoms with E-state index in [1.807, 2.05) is 0 Å². The van der Waals surface area contributed by atoms with Crippen molar-refractivity contribution >= 4 is 23.7 Å². The van der Waals surface area contributed by atoms with Gasteiger partial charge in [0.05, 0.1) is 12.4 Å². The van der Waals surface area contributed by atoms with Crippen LogP contribution < -0.4 is 21.7 Å². The monoisotopic (exact) mass is 518 g/mol. The van der Waals surface area contributed by atoms with Crippen LogP contribution in [-0.4, -0.2) is 79.2 Å². The van der Waals surface area contributed by atoms with Crippen LogP contribution in [0.3, 0.4) is 0 Å². The van der Waals surface area contributed by atoms with E-state index < -0.39 is 59.9 Å². The molecule has 13 nitrogen and oxygen atoms in total. The first kappa shape index (κ1) is 29.3. The molecule has 1 aromatic carbocycles. The van der Waals surface area contributed by atoms with Crippen molar-refractivity contribution < 1.29 is 34.5 Å². The third-order valence-electron chi connectivity index (χ3n) is 5.67. The van der Waals surface area contributed by atoms with Gasteiger partial charge in [0.1, 0.15) is 29.9 Å². The van der Waals surface area contributed by atoms with Crippen LogP contribution in [0.25, 0.3) is 0 Å². The minimum atomic E-state index is -1.30. The van der Waals surface area contributed by atoms with Gasteiger partial charge in [0.15, 0.2) is 0 Å². The number of aromatic amines is 1. The number of hydrogen-bond acceptors (Lipinski definition) is 8. The first-order chi connectivity index (χ1) is 17.4. The predicted octanol–water partition coefficient (Wildman–Crippen LogP) is -1.20. The van der Waals surface area contributed by atoms with E-state index in [0.717, 1.165) is 0 Å². The molecule has 0 saturated heterocycles. The summed E-state index contributed by atoms with van der Waals surface area (Å²) in [5.41, 5.74) is 6.81. The molecule has 0 aliphatic heterocycles. The average molecular weight is 519 g/mol. The van der Waals surface area contributed by atoms with Crippen LogP contribution in [0.4, 0.5) is 0 Å². The molecule has 9 N–H and O–H groups in total. The van der Waals surface area contributed by atoms with Crippen molar-refractivity contribution in [1.82, 2.24) is 25.9 Å². The van der Waals surface area contributed by atoms with Crippen molar-refractivity contribution in [3.05, 3.63) is 48.0 Å². The number of aromatic nitrogens is 2. The SMILES string of the molecule is CC(C)C(NC(=O)C(Cc1cnc[nH]1)NC(=O)C(Cc1ccc(O)cc1)NC(=O)C(N)C(C)O)C(=O)O. The van der Waals surface area contributed by atoms with Gasteiger partial charge in [-0.2, -0.15) is 0 Å². The Labute approximate surface area is 213 Å². The summed E-state index contributed by atoms with van der Waals surface area (Å²) in [5.74, 6) is -3.89. The van der Waals surface area contributed by atoms with Gasteiger partial charge < -0.3 is 42.0 Å². The summed E-state index contributed by atoms with van der Waals surface area (Å²) in [4.78, 5) is 57.3. The quantitative estimate of drug-likeness (QED) is 0.159.